The van der Waals surface area contributed by atoms with E-state index in [0.29, 0.717) is 26.1 Å². The first-order valence-electron chi connectivity index (χ1n) is 7.30. The summed E-state index contributed by atoms with van der Waals surface area (Å²) in [6.07, 6.45) is 0.760. The molecule has 0 saturated carbocycles. The first-order valence-corrected chi connectivity index (χ1v) is 8.88. The normalized spacial score (nSPS) is 11.1. The van der Waals surface area contributed by atoms with Gasteiger partial charge in [0.1, 0.15) is 17.7 Å². The highest BCUT2D eigenvalue weighted by Gasteiger charge is 2.13. The number of carbonyl (C=O) groups is 1. The van der Waals surface area contributed by atoms with Gasteiger partial charge in [-0.15, -0.1) is 0 Å². The average molecular weight is 472 g/mol. The van der Waals surface area contributed by atoms with Gasteiger partial charge in [-0.25, -0.2) is 0 Å². The first-order chi connectivity index (χ1) is 11.8. The molecule has 0 atom stereocenters. The summed E-state index contributed by atoms with van der Waals surface area (Å²) in [5, 5.41) is 23.5. The zero-order valence-electron chi connectivity index (χ0n) is 13.5. The molecule has 0 saturated heterocycles. The number of hydrogen-bond donors (Lipinski definition) is 3. The molecule has 2 aromatic carbocycles. The standard InChI is InChI=1S/C17H16Br2N2O4/c1-9(2)12-7-11(3-4-15(12)22)25-17-13(18)5-10(6-14(17)19)21-16(23)8-20-24/h3-9,22,24H,1-2H3,(H,21,23)/b20-8+. The molecule has 0 bridgehead atoms. The van der Waals surface area contributed by atoms with E-state index < -0.39 is 5.91 Å². The molecule has 1 amide bonds. The summed E-state index contributed by atoms with van der Waals surface area (Å²) < 4.78 is 7.13. The lowest BCUT2D eigenvalue weighted by Gasteiger charge is -2.14. The van der Waals surface area contributed by atoms with E-state index in [9.17, 15) is 9.90 Å². The Labute approximate surface area is 161 Å². The second kappa shape index (κ2) is 8.35. The summed E-state index contributed by atoms with van der Waals surface area (Å²) in [5.41, 5.74) is 1.28. The second-order valence-electron chi connectivity index (χ2n) is 5.48. The quantitative estimate of drug-likeness (QED) is 0.316. The van der Waals surface area contributed by atoms with Crippen molar-refractivity contribution >= 4 is 49.7 Å². The molecule has 2 aromatic rings. The Bertz CT molecular complexity index is 799. The number of amides is 1. The number of rotatable bonds is 5. The number of nitrogens with one attached hydrogen (secondary N) is 1. The zero-order valence-corrected chi connectivity index (χ0v) is 16.6. The number of halogens is 2. The summed E-state index contributed by atoms with van der Waals surface area (Å²) in [5.74, 6) is 0.918. The second-order valence-corrected chi connectivity index (χ2v) is 7.19. The minimum absolute atomic E-state index is 0.154. The fourth-order valence-corrected chi connectivity index (χ4v) is 3.48. The Balaban J connectivity index is 2.29. The predicted molar refractivity (Wildman–Crippen MR) is 103 cm³/mol. The van der Waals surface area contributed by atoms with Crippen LogP contribution in [-0.4, -0.2) is 22.4 Å². The molecular formula is C17H16Br2N2O4. The van der Waals surface area contributed by atoms with Crippen molar-refractivity contribution in [2.75, 3.05) is 5.32 Å². The Morgan fingerprint density at radius 1 is 1.24 bits per heavy atom. The van der Waals surface area contributed by atoms with Gasteiger partial charge < -0.3 is 20.4 Å². The van der Waals surface area contributed by atoms with Crippen LogP contribution in [0, 0.1) is 0 Å². The molecule has 0 aliphatic heterocycles. The Kier molecular flexibility index (Phi) is 6.44. The fourth-order valence-electron chi connectivity index (χ4n) is 2.13. The molecule has 0 aromatic heterocycles. The third-order valence-corrected chi connectivity index (χ3v) is 4.46. The van der Waals surface area contributed by atoms with Crippen molar-refractivity contribution < 1.29 is 19.8 Å². The molecule has 0 aliphatic rings. The minimum atomic E-state index is -0.560. The molecule has 0 spiro atoms. The summed E-state index contributed by atoms with van der Waals surface area (Å²) in [6.45, 7) is 3.97. The molecule has 0 aliphatic carbocycles. The number of anilines is 1. The molecular weight excluding hydrogens is 456 g/mol. The van der Waals surface area contributed by atoms with Crippen LogP contribution in [0.25, 0.3) is 0 Å². The van der Waals surface area contributed by atoms with Gasteiger partial charge in [0.25, 0.3) is 5.91 Å². The van der Waals surface area contributed by atoms with E-state index >= 15 is 0 Å². The van der Waals surface area contributed by atoms with Gasteiger partial charge in [0.2, 0.25) is 0 Å². The van der Waals surface area contributed by atoms with E-state index in [-0.39, 0.29) is 11.7 Å². The highest BCUT2D eigenvalue weighted by Crippen LogP contribution is 2.40. The maximum atomic E-state index is 11.4. The van der Waals surface area contributed by atoms with Crippen LogP contribution in [0.2, 0.25) is 0 Å². The highest BCUT2D eigenvalue weighted by molar-refractivity contribution is 9.11. The maximum absolute atomic E-state index is 11.4. The molecule has 6 nitrogen and oxygen atoms in total. The van der Waals surface area contributed by atoms with Crippen LogP contribution < -0.4 is 10.1 Å². The topological polar surface area (TPSA) is 91.2 Å². The van der Waals surface area contributed by atoms with Gasteiger partial charge in [0, 0.05) is 11.3 Å². The molecule has 0 fully saturated rings. The molecule has 25 heavy (non-hydrogen) atoms. The van der Waals surface area contributed by atoms with E-state index in [0.717, 1.165) is 11.8 Å². The van der Waals surface area contributed by atoms with Crippen LogP contribution in [0.5, 0.6) is 17.2 Å². The summed E-state index contributed by atoms with van der Waals surface area (Å²) >= 11 is 6.82. The first kappa shape index (κ1) is 19.3. The Hall–Kier alpha value is -2.06. The lowest BCUT2D eigenvalue weighted by Crippen LogP contribution is -2.12. The van der Waals surface area contributed by atoms with Crippen LogP contribution in [0.3, 0.4) is 0 Å². The van der Waals surface area contributed by atoms with E-state index in [1.165, 1.54) is 0 Å². The average Bonchev–Trinajstić information content (AvgIpc) is 2.52. The van der Waals surface area contributed by atoms with Crippen molar-refractivity contribution in [1.82, 2.24) is 0 Å². The summed E-state index contributed by atoms with van der Waals surface area (Å²) in [6, 6.07) is 8.37. The predicted octanol–water partition coefficient (Wildman–Crippen LogP) is 5.23. The molecule has 0 unspecified atom stereocenters. The minimum Gasteiger partial charge on any atom is -0.508 e. The number of phenolic OH excluding ortho intramolecular Hbond substituents is 1. The highest BCUT2D eigenvalue weighted by atomic mass is 79.9. The summed E-state index contributed by atoms with van der Waals surface area (Å²) in [4.78, 5) is 11.4. The van der Waals surface area contributed by atoms with Gasteiger partial charge >= 0.3 is 0 Å². The van der Waals surface area contributed by atoms with Crippen LogP contribution in [0.4, 0.5) is 5.69 Å². The smallest absolute Gasteiger partial charge is 0.270 e. The number of oxime groups is 1. The van der Waals surface area contributed by atoms with Gasteiger partial charge in [-0.1, -0.05) is 19.0 Å². The molecule has 3 N–H and O–H groups in total. The van der Waals surface area contributed by atoms with Crippen molar-refractivity contribution in [2.24, 2.45) is 5.16 Å². The molecule has 0 heterocycles. The van der Waals surface area contributed by atoms with Crippen LogP contribution in [0.1, 0.15) is 25.3 Å². The zero-order chi connectivity index (χ0) is 18.6. The molecule has 132 valence electrons. The summed E-state index contributed by atoms with van der Waals surface area (Å²) in [7, 11) is 0. The van der Waals surface area contributed by atoms with Crippen molar-refractivity contribution in [3.05, 3.63) is 44.8 Å². The van der Waals surface area contributed by atoms with Gasteiger partial charge in [0.05, 0.1) is 8.95 Å². The monoisotopic (exact) mass is 470 g/mol. The number of phenols is 1. The number of hydrogen-bond acceptors (Lipinski definition) is 5. The van der Waals surface area contributed by atoms with Gasteiger partial charge in [0.15, 0.2) is 5.75 Å². The number of nitrogens with zero attached hydrogens (tertiary/aromatic N) is 1. The maximum Gasteiger partial charge on any atom is 0.270 e. The van der Waals surface area contributed by atoms with Crippen LogP contribution >= 0.6 is 31.9 Å². The number of aromatic hydroxyl groups is 1. The lowest BCUT2D eigenvalue weighted by atomic mass is 10.0. The third kappa shape index (κ3) is 4.96. The Morgan fingerprint density at radius 3 is 2.44 bits per heavy atom. The van der Waals surface area contributed by atoms with Gasteiger partial charge in [-0.05, 0) is 68.1 Å². The van der Waals surface area contributed by atoms with E-state index in [4.69, 9.17) is 9.94 Å². The van der Waals surface area contributed by atoms with Crippen LogP contribution in [0.15, 0.2) is 44.4 Å². The van der Waals surface area contributed by atoms with E-state index in [1.54, 1.807) is 30.3 Å². The van der Waals surface area contributed by atoms with Gasteiger partial charge in [-0.2, -0.15) is 0 Å². The lowest BCUT2D eigenvalue weighted by molar-refractivity contribution is -0.110. The van der Waals surface area contributed by atoms with E-state index in [1.807, 2.05) is 13.8 Å². The molecule has 2 rings (SSSR count). The van der Waals surface area contributed by atoms with Crippen molar-refractivity contribution in [3.63, 3.8) is 0 Å². The fraction of sp³-hybridized carbons (Fsp3) is 0.176. The van der Waals surface area contributed by atoms with E-state index in [2.05, 4.69) is 42.3 Å². The number of benzene rings is 2. The number of ether oxygens (including phenoxy) is 1. The molecule has 0 radical (unpaired) electrons. The Morgan fingerprint density at radius 2 is 1.88 bits per heavy atom. The number of carbonyl (C=O) groups excluding carboxylic acids is 1. The van der Waals surface area contributed by atoms with Crippen molar-refractivity contribution in [2.45, 2.75) is 19.8 Å². The SMILES string of the molecule is CC(C)c1cc(Oc2c(Br)cc(NC(=O)/C=N/O)cc2Br)ccc1O. The molecule has 8 heteroatoms. The van der Waals surface area contributed by atoms with Crippen molar-refractivity contribution in [1.29, 1.82) is 0 Å². The largest absolute Gasteiger partial charge is 0.508 e. The van der Waals surface area contributed by atoms with Crippen LogP contribution in [-0.2, 0) is 4.79 Å². The van der Waals surface area contributed by atoms with Gasteiger partial charge in [-0.3, -0.25) is 4.79 Å². The van der Waals surface area contributed by atoms with Crippen molar-refractivity contribution in [3.8, 4) is 17.2 Å². The third-order valence-electron chi connectivity index (χ3n) is 3.28.